The third kappa shape index (κ3) is 5.30. The highest BCUT2D eigenvalue weighted by Gasteiger charge is 2.06. The number of nitrogens with zero attached hydrogens (tertiary/aromatic N) is 2. The van der Waals surface area contributed by atoms with Crippen molar-refractivity contribution in [2.24, 2.45) is 4.99 Å². The number of hydrogen-bond acceptors (Lipinski definition) is 3. The zero-order valence-corrected chi connectivity index (χ0v) is 15.3. The zero-order valence-electron chi connectivity index (χ0n) is 14.5. The van der Waals surface area contributed by atoms with Crippen molar-refractivity contribution in [1.82, 2.24) is 15.6 Å². The molecule has 2 N–H and O–H groups in total. The molecule has 0 bridgehead atoms. The summed E-state index contributed by atoms with van der Waals surface area (Å²) in [5.74, 6) is 0.479. The molecule has 0 amide bonds. The molecule has 24 heavy (non-hydrogen) atoms. The summed E-state index contributed by atoms with van der Waals surface area (Å²) in [6.45, 7) is 8.09. The van der Waals surface area contributed by atoms with Crippen molar-refractivity contribution in [3.8, 4) is 0 Å². The predicted octanol–water partition coefficient (Wildman–Crippen LogP) is 3.45. The molecule has 0 aliphatic rings. The van der Waals surface area contributed by atoms with Crippen LogP contribution in [-0.4, -0.2) is 24.0 Å². The molecule has 0 radical (unpaired) electrons. The van der Waals surface area contributed by atoms with Crippen LogP contribution < -0.4 is 10.6 Å². The van der Waals surface area contributed by atoms with Crippen LogP contribution in [0.4, 0.5) is 4.39 Å². The normalized spacial score (nSPS) is 11.6. The second-order valence-corrected chi connectivity index (χ2v) is 6.72. The van der Waals surface area contributed by atoms with Crippen LogP contribution in [0.15, 0.2) is 29.3 Å². The molecule has 4 nitrogen and oxygen atoms in total. The SMILES string of the molecule is CCNC(=NCc1ccccc1F)NCCc1nc(CC)c(C)s1. The molecule has 0 aliphatic heterocycles. The van der Waals surface area contributed by atoms with Gasteiger partial charge in [0.1, 0.15) is 5.82 Å². The van der Waals surface area contributed by atoms with Crippen molar-refractivity contribution in [1.29, 1.82) is 0 Å². The van der Waals surface area contributed by atoms with Crippen molar-refractivity contribution in [3.05, 3.63) is 51.2 Å². The zero-order chi connectivity index (χ0) is 17.4. The average molecular weight is 348 g/mol. The summed E-state index contributed by atoms with van der Waals surface area (Å²) in [4.78, 5) is 10.4. The minimum Gasteiger partial charge on any atom is -0.357 e. The Hall–Kier alpha value is -1.95. The Kier molecular flexibility index (Phi) is 7.18. The van der Waals surface area contributed by atoms with Gasteiger partial charge in [-0.05, 0) is 26.3 Å². The first-order chi connectivity index (χ1) is 11.6. The molecule has 0 fully saturated rings. The van der Waals surface area contributed by atoms with Crippen molar-refractivity contribution >= 4 is 17.3 Å². The minimum absolute atomic E-state index is 0.220. The van der Waals surface area contributed by atoms with Crippen LogP contribution in [0.3, 0.4) is 0 Å². The van der Waals surface area contributed by atoms with E-state index in [-0.39, 0.29) is 5.82 Å². The van der Waals surface area contributed by atoms with Gasteiger partial charge in [-0.25, -0.2) is 14.4 Å². The molecule has 1 aromatic carbocycles. The highest BCUT2D eigenvalue weighted by molar-refractivity contribution is 7.11. The number of halogens is 1. The van der Waals surface area contributed by atoms with Gasteiger partial charge in [0.05, 0.1) is 17.2 Å². The standard InChI is InChI=1S/C18H25FN4S/c1-4-16-13(3)24-17(23-16)10-11-21-18(20-5-2)22-12-14-8-6-7-9-15(14)19/h6-9H,4-5,10-12H2,1-3H3,(H2,20,21,22). The first-order valence-electron chi connectivity index (χ1n) is 8.34. The molecule has 0 spiro atoms. The minimum atomic E-state index is -0.220. The molecule has 130 valence electrons. The Morgan fingerprint density at radius 2 is 2.04 bits per heavy atom. The van der Waals surface area contributed by atoms with Gasteiger partial charge in [0.2, 0.25) is 0 Å². The lowest BCUT2D eigenvalue weighted by Gasteiger charge is -2.10. The van der Waals surface area contributed by atoms with E-state index >= 15 is 0 Å². The van der Waals surface area contributed by atoms with E-state index in [1.807, 2.05) is 13.0 Å². The predicted molar refractivity (Wildman–Crippen MR) is 99.2 cm³/mol. The van der Waals surface area contributed by atoms with Gasteiger partial charge in [-0.3, -0.25) is 0 Å². The first-order valence-corrected chi connectivity index (χ1v) is 9.16. The van der Waals surface area contributed by atoms with Crippen LogP contribution in [0, 0.1) is 12.7 Å². The first kappa shape index (κ1) is 18.4. The second-order valence-electron chi connectivity index (χ2n) is 5.43. The fourth-order valence-corrected chi connectivity index (χ4v) is 3.36. The van der Waals surface area contributed by atoms with Crippen LogP contribution in [0.1, 0.15) is 35.0 Å². The smallest absolute Gasteiger partial charge is 0.191 e. The Morgan fingerprint density at radius 3 is 2.71 bits per heavy atom. The number of benzene rings is 1. The Morgan fingerprint density at radius 1 is 1.25 bits per heavy atom. The highest BCUT2D eigenvalue weighted by Crippen LogP contribution is 2.17. The van der Waals surface area contributed by atoms with Crippen molar-refractivity contribution < 1.29 is 4.39 Å². The monoisotopic (exact) mass is 348 g/mol. The maximum Gasteiger partial charge on any atom is 0.191 e. The van der Waals surface area contributed by atoms with Crippen LogP contribution in [0.5, 0.6) is 0 Å². The van der Waals surface area contributed by atoms with E-state index in [0.717, 1.165) is 30.9 Å². The van der Waals surface area contributed by atoms with Crippen LogP contribution >= 0.6 is 11.3 Å². The van der Waals surface area contributed by atoms with Gasteiger partial charge < -0.3 is 10.6 Å². The van der Waals surface area contributed by atoms with Gasteiger partial charge in [-0.15, -0.1) is 11.3 Å². The Bertz CT molecular complexity index is 681. The molecule has 0 aliphatic carbocycles. The van der Waals surface area contributed by atoms with Gasteiger partial charge in [0, 0.05) is 30.0 Å². The van der Waals surface area contributed by atoms with Crippen LogP contribution in [0.25, 0.3) is 0 Å². The maximum absolute atomic E-state index is 13.7. The number of guanidine groups is 1. The average Bonchev–Trinajstić information content (AvgIpc) is 2.93. The van der Waals surface area contributed by atoms with E-state index in [2.05, 4.69) is 34.5 Å². The topological polar surface area (TPSA) is 49.3 Å². The number of thiazole rings is 1. The van der Waals surface area contributed by atoms with E-state index in [9.17, 15) is 4.39 Å². The van der Waals surface area contributed by atoms with Crippen molar-refractivity contribution in [3.63, 3.8) is 0 Å². The number of aryl methyl sites for hydroxylation is 2. The fraction of sp³-hybridized carbons (Fsp3) is 0.444. The Balaban J connectivity index is 1.90. The molecular formula is C18H25FN4S. The third-order valence-electron chi connectivity index (χ3n) is 3.61. The highest BCUT2D eigenvalue weighted by atomic mass is 32.1. The second kappa shape index (κ2) is 9.37. The van der Waals surface area contributed by atoms with Crippen LogP contribution in [-0.2, 0) is 19.4 Å². The summed E-state index contributed by atoms with van der Waals surface area (Å²) in [6, 6.07) is 6.73. The quantitative estimate of drug-likeness (QED) is 0.595. The van der Waals surface area contributed by atoms with Crippen molar-refractivity contribution in [2.75, 3.05) is 13.1 Å². The van der Waals surface area contributed by atoms with Gasteiger partial charge in [-0.2, -0.15) is 0 Å². The lowest BCUT2D eigenvalue weighted by atomic mass is 10.2. The van der Waals surface area contributed by atoms with E-state index in [1.165, 1.54) is 16.6 Å². The molecule has 6 heteroatoms. The van der Waals surface area contributed by atoms with E-state index in [0.29, 0.717) is 18.1 Å². The van der Waals surface area contributed by atoms with E-state index in [1.54, 1.807) is 23.5 Å². The van der Waals surface area contributed by atoms with Gasteiger partial charge >= 0.3 is 0 Å². The number of aromatic nitrogens is 1. The molecule has 0 saturated heterocycles. The summed E-state index contributed by atoms with van der Waals surface area (Å²) in [5.41, 5.74) is 1.79. The lowest BCUT2D eigenvalue weighted by Crippen LogP contribution is -2.38. The summed E-state index contributed by atoms with van der Waals surface area (Å²) in [7, 11) is 0. The maximum atomic E-state index is 13.7. The molecule has 0 unspecified atom stereocenters. The number of hydrogen-bond donors (Lipinski definition) is 2. The number of aliphatic imine (C=N–C) groups is 1. The van der Waals surface area contributed by atoms with Crippen LogP contribution in [0.2, 0.25) is 0 Å². The Labute approximate surface area is 147 Å². The van der Waals surface area contributed by atoms with E-state index in [4.69, 9.17) is 0 Å². The lowest BCUT2D eigenvalue weighted by molar-refractivity contribution is 0.610. The number of nitrogens with one attached hydrogen (secondary N) is 2. The summed E-state index contributed by atoms with van der Waals surface area (Å²) in [6.07, 6.45) is 1.83. The third-order valence-corrected chi connectivity index (χ3v) is 4.69. The van der Waals surface area contributed by atoms with Gasteiger partial charge in [0.25, 0.3) is 0 Å². The molecule has 1 aromatic heterocycles. The van der Waals surface area contributed by atoms with Crippen molar-refractivity contribution in [2.45, 2.75) is 40.2 Å². The number of rotatable bonds is 7. The molecule has 0 saturated carbocycles. The van der Waals surface area contributed by atoms with E-state index < -0.39 is 0 Å². The molecule has 2 aromatic rings. The summed E-state index contributed by atoms with van der Waals surface area (Å²) in [5, 5.41) is 7.62. The van der Waals surface area contributed by atoms with Gasteiger partial charge in [-0.1, -0.05) is 25.1 Å². The molecular weight excluding hydrogens is 323 g/mol. The molecule has 0 atom stereocenters. The molecule has 1 heterocycles. The van der Waals surface area contributed by atoms with Gasteiger partial charge in [0.15, 0.2) is 5.96 Å². The summed E-state index contributed by atoms with van der Waals surface area (Å²) >= 11 is 1.76. The fourth-order valence-electron chi connectivity index (χ4n) is 2.34. The summed E-state index contributed by atoms with van der Waals surface area (Å²) < 4.78 is 13.7. The molecule has 2 rings (SSSR count). The largest absolute Gasteiger partial charge is 0.357 e.